The third-order valence-corrected chi connectivity index (χ3v) is 3.86. The Morgan fingerprint density at radius 2 is 2.05 bits per heavy atom. The normalized spacial score (nSPS) is 10.5. The van der Waals surface area contributed by atoms with Gasteiger partial charge in [0.15, 0.2) is 0 Å². The SMILES string of the molecule is N#Cc1cn(Cc2ccccc2Cl)c2ccc([N+](=O)[O-])cc12. The predicted molar refractivity (Wildman–Crippen MR) is 83.9 cm³/mol. The van der Waals surface area contributed by atoms with E-state index in [1.54, 1.807) is 18.3 Å². The molecule has 0 radical (unpaired) electrons. The molecule has 6 heteroatoms. The van der Waals surface area contributed by atoms with Gasteiger partial charge in [0.05, 0.1) is 16.0 Å². The number of non-ortho nitro benzene ring substituents is 1. The predicted octanol–water partition coefficient (Wildman–Crippen LogP) is 4.12. The third-order valence-electron chi connectivity index (χ3n) is 3.49. The molecule has 1 heterocycles. The van der Waals surface area contributed by atoms with E-state index < -0.39 is 4.92 Å². The molecule has 0 saturated heterocycles. The average molecular weight is 312 g/mol. The summed E-state index contributed by atoms with van der Waals surface area (Å²) in [5.41, 5.74) is 2.07. The van der Waals surface area contributed by atoms with Gasteiger partial charge in [0.25, 0.3) is 5.69 Å². The molecule has 0 bridgehead atoms. The first-order valence-electron chi connectivity index (χ1n) is 6.51. The van der Waals surface area contributed by atoms with Crippen molar-refractivity contribution in [2.24, 2.45) is 0 Å². The molecule has 108 valence electrons. The van der Waals surface area contributed by atoms with Crippen LogP contribution < -0.4 is 0 Å². The molecule has 22 heavy (non-hydrogen) atoms. The molecule has 0 fully saturated rings. The van der Waals surface area contributed by atoms with Crippen molar-refractivity contribution in [2.45, 2.75) is 6.54 Å². The highest BCUT2D eigenvalue weighted by atomic mass is 35.5. The Bertz CT molecular complexity index is 925. The minimum atomic E-state index is -0.466. The molecule has 0 aliphatic carbocycles. The zero-order chi connectivity index (χ0) is 15.7. The lowest BCUT2D eigenvalue weighted by Gasteiger charge is -2.07. The van der Waals surface area contributed by atoms with Gasteiger partial charge in [-0.2, -0.15) is 5.26 Å². The van der Waals surface area contributed by atoms with E-state index in [0.717, 1.165) is 11.1 Å². The molecule has 0 unspecified atom stereocenters. The van der Waals surface area contributed by atoms with Crippen LogP contribution in [0.2, 0.25) is 5.02 Å². The first-order chi connectivity index (χ1) is 10.6. The van der Waals surface area contributed by atoms with Crippen LogP contribution in [0.3, 0.4) is 0 Å². The topological polar surface area (TPSA) is 71.9 Å². The minimum Gasteiger partial charge on any atom is -0.342 e. The molecule has 3 rings (SSSR count). The van der Waals surface area contributed by atoms with Crippen molar-refractivity contribution in [3.63, 3.8) is 0 Å². The molecule has 0 atom stereocenters. The lowest BCUT2D eigenvalue weighted by molar-refractivity contribution is -0.384. The molecule has 0 N–H and O–H groups in total. The molecule has 0 spiro atoms. The highest BCUT2D eigenvalue weighted by Crippen LogP contribution is 2.27. The summed E-state index contributed by atoms with van der Waals surface area (Å²) in [5.74, 6) is 0. The second-order valence-electron chi connectivity index (χ2n) is 4.83. The second kappa shape index (κ2) is 5.51. The van der Waals surface area contributed by atoms with Gasteiger partial charge in [-0.05, 0) is 17.7 Å². The summed E-state index contributed by atoms with van der Waals surface area (Å²) < 4.78 is 1.87. The van der Waals surface area contributed by atoms with Gasteiger partial charge >= 0.3 is 0 Å². The van der Waals surface area contributed by atoms with E-state index in [9.17, 15) is 15.4 Å². The van der Waals surface area contributed by atoms with Crippen LogP contribution in [0.15, 0.2) is 48.7 Å². The molecular formula is C16H10ClN3O2. The minimum absolute atomic E-state index is 0.0282. The van der Waals surface area contributed by atoms with Crippen molar-refractivity contribution < 1.29 is 4.92 Å². The van der Waals surface area contributed by atoms with Crippen molar-refractivity contribution in [1.29, 1.82) is 5.26 Å². The second-order valence-corrected chi connectivity index (χ2v) is 5.24. The van der Waals surface area contributed by atoms with E-state index in [0.29, 0.717) is 22.5 Å². The number of benzene rings is 2. The van der Waals surface area contributed by atoms with E-state index in [1.165, 1.54) is 12.1 Å². The maximum atomic E-state index is 10.9. The average Bonchev–Trinajstić information content (AvgIpc) is 2.87. The number of nitro benzene ring substituents is 1. The van der Waals surface area contributed by atoms with Gasteiger partial charge in [-0.15, -0.1) is 0 Å². The smallest absolute Gasteiger partial charge is 0.270 e. The zero-order valence-electron chi connectivity index (χ0n) is 11.4. The number of rotatable bonds is 3. The van der Waals surface area contributed by atoms with Crippen molar-refractivity contribution >= 4 is 28.2 Å². The molecule has 1 aromatic heterocycles. The standard InChI is InChI=1S/C16H10ClN3O2/c17-15-4-2-1-3-11(15)9-19-10-12(8-18)14-7-13(20(21)22)5-6-16(14)19/h1-7,10H,9H2. The number of aromatic nitrogens is 1. The fraction of sp³-hybridized carbons (Fsp3) is 0.0625. The Balaban J connectivity index is 2.13. The Hall–Kier alpha value is -2.84. The first kappa shape index (κ1) is 14.1. The van der Waals surface area contributed by atoms with Crippen LogP contribution >= 0.6 is 11.6 Å². The summed E-state index contributed by atoms with van der Waals surface area (Å²) >= 11 is 6.17. The summed E-state index contributed by atoms with van der Waals surface area (Å²) in [6.07, 6.45) is 1.69. The summed E-state index contributed by atoms with van der Waals surface area (Å²) in [5, 5.41) is 21.3. The van der Waals surface area contributed by atoms with Gasteiger partial charge in [0, 0.05) is 35.3 Å². The Morgan fingerprint density at radius 3 is 2.73 bits per heavy atom. The number of hydrogen-bond donors (Lipinski definition) is 0. The molecule has 5 nitrogen and oxygen atoms in total. The zero-order valence-corrected chi connectivity index (χ0v) is 12.1. The molecule has 0 amide bonds. The van der Waals surface area contributed by atoms with E-state index >= 15 is 0 Å². The van der Waals surface area contributed by atoms with Gasteiger partial charge in [0.1, 0.15) is 6.07 Å². The third kappa shape index (κ3) is 2.41. The number of halogens is 1. The van der Waals surface area contributed by atoms with Crippen LogP contribution in [-0.4, -0.2) is 9.49 Å². The quantitative estimate of drug-likeness (QED) is 0.539. The summed E-state index contributed by atoms with van der Waals surface area (Å²) in [7, 11) is 0. The fourth-order valence-electron chi connectivity index (χ4n) is 2.43. The first-order valence-corrected chi connectivity index (χ1v) is 6.88. The van der Waals surface area contributed by atoms with E-state index in [2.05, 4.69) is 6.07 Å². The lowest BCUT2D eigenvalue weighted by Crippen LogP contribution is -1.98. The van der Waals surface area contributed by atoms with E-state index in [1.807, 2.05) is 22.8 Å². The van der Waals surface area contributed by atoms with E-state index in [-0.39, 0.29) is 5.69 Å². The van der Waals surface area contributed by atoms with Crippen LogP contribution in [0.25, 0.3) is 10.9 Å². The van der Waals surface area contributed by atoms with Gasteiger partial charge in [-0.25, -0.2) is 0 Å². The highest BCUT2D eigenvalue weighted by molar-refractivity contribution is 6.31. The summed E-state index contributed by atoms with van der Waals surface area (Å²) in [6.45, 7) is 0.496. The molecule has 2 aromatic carbocycles. The largest absolute Gasteiger partial charge is 0.342 e. The summed E-state index contributed by atoms with van der Waals surface area (Å²) in [4.78, 5) is 10.4. The fourth-order valence-corrected chi connectivity index (χ4v) is 2.62. The van der Waals surface area contributed by atoms with Crippen LogP contribution in [0.1, 0.15) is 11.1 Å². The molecule has 0 saturated carbocycles. The van der Waals surface area contributed by atoms with Crippen molar-refractivity contribution in [3.8, 4) is 6.07 Å². The van der Waals surface area contributed by atoms with Gasteiger partial charge in [-0.1, -0.05) is 29.8 Å². The molecule has 0 aliphatic rings. The highest BCUT2D eigenvalue weighted by Gasteiger charge is 2.14. The van der Waals surface area contributed by atoms with E-state index in [4.69, 9.17) is 11.6 Å². The molecule has 3 aromatic rings. The maximum Gasteiger partial charge on any atom is 0.270 e. The lowest BCUT2D eigenvalue weighted by atomic mass is 10.1. The molecular weight excluding hydrogens is 302 g/mol. The molecule has 0 aliphatic heterocycles. The van der Waals surface area contributed by atoms with Crippen LogP contribution in [0.5, 0.6) is 0 Å². The number of nitro groups is 1. The van der Waals surface area contributed by atoms with Crippen molar-refractivity contribution in [1.82, 2.24) is 4.57 Å². The van der Waals surface area contributed by atoms with Crippen molar-refractivity contribution in [3.05, 3.63) is 74.9 Å². The number of nitrogens with zero attached hydrogens (tertiary/aromatic N) is 3. The maximum absolute atomic E-state index is 10.9. The Morgan fingerprint density at radius 1 is 1.27 bits per heavy atom. The van der Waals surface area contributed by atoms with Crippen LogP contribution in [0.4, 0.5) is 5.69 Å². The monoisotopic (exact) mass is 311 g/mol. The van der Waals surface area contributed by atoms with Crippen LogP contribution in [-0.2, 0) is 6.54 Å². The number of fused-ring (bicyclic) bond motifs is 1. The van der Waals surface area contributed by atoms with Crippen LogP contribution in [0, 0.1) is 21.4 Å². The van der Waals surface area contributed by atoms with Gasteiger partial charge in [-0.3, -0.25) is 10.1 Å². The Kier molecular flexibility index (Phi) is 3.53. The van der Waals surface area contributed by atoms with Crippen molar-refractivity contribution in [2.75, 3.05) is 0 Å². The van der Waals surface area contributed by atoms with Gasteiger partial charge < -0.3 is 4.57 Å². The Labute approximate surface area is 131 Å². The summed E-state index contributed by atoms with van der Waals surface area (Å²) in [6, 6.07) is 14.1. The van der Waals surface area contributed by atoms with Gasteiger partial charge in [0.2, 0.25) is 0 Å². The number of nitriles is 1. The number of hydrogen-bond acceptors (Lipinski definition) is 3.